The molecule has 3 aromatic rings. The largest absolute Gasteiger partial charge is 0.481 e. The van der Waals surface area contributed by atoms with Gasteiger partial charge in [0.05, 0.1) is 13.1 Å². The number of fused-ring (bicyclic) bond motifs is 1. The number of nitrogens with one attached hydrogen (secondary N) is 5. The van der Waals surface area contributed by atoms with Gasteiger partial charge in [-0.25, -0.2) is 14.4 Å². The van der Waals surface area contributed by atoms with Gasteiger partial charge in [0.25, 0.3) is 5.91 Å². The molecule has 1 saturated carbocycles. The Labute approximate surface area is 476 Å². The van der Waals surface area contributed by atoms with Crippen LogP contribution >= 0.6 is 0 Å². The SMILES string of the molecule is O=C(O)CCC(NC(=O)NC(CCCCNC(=O)C(Cc1ccc2ccccc2c1)NC(=O)C1CCC(CNC(=O)c2ccc(CN3CCCN(CC(=O)O)CCN(CC(=O)O)CCCN(CC(O)O)CC3)cc2)CC1)C(=O)O)C(=O)O. The predicted octanol–water partition coefficient (Wildman–Crippen LogP) is 1.44. The lowest BCUT2D eigenvalue weighted by molar-refractivity contribution is -0.141. The molecule has 1 heterocycles. The van der Waals surface area contributed by atoms with Crippen molar-refractivity contribution in [2.24, 2.45) is 11.8 Å². The van der Waals surface area contributed by atoms with E-state index in [4.69, 9.17) is 5.11 Å². The number of unbranched alkanes of at least 4 members (excludes halogenated alkanes) is 1. The van der Waals surface area contributed by atoms with E-state index in [0.29, 0.717) is 116 Å². The summed E-state index contributed by atoms with van der Waals surface area (Å²) in [5.74, 6) is -7.26. The highest BCUT2D eigenvalue weighted by Gasteiger charge is 2.31. The van der Waals surface area contributed by atoms with E-state index < -0.39 is 79.0 Å². The summed E-state index contributed by atoms with van der Waals surface area (Å²) >= 11 is 0. The molecule has 5 rings (SSSR count). The molecule has 12 N–H and O–H groups in total. The maximum absolute atomic E-state index is 13.9. The third kappa shape index (κ3) is 24.0. The fourth-order valence-electron chi connectivity index (χ4n) is 10.4. The van der Waals surface area contributed by atoms with Gasteiger partial charge < -0.3 is 62.3 Å². The Morgan fingerprint density at radius 2 is 1.11 bits per heavy atom. The van der Waals surface area contributed by atoms with Crippen LogP contribution in [0.25, 0.3) is 10.8 Å². The summed E-state index contributed by atoms with van der Waals surface area (Å²) in [5, 5.41) is 81.8. The number of carbonyl (C=O) groups is 9. The van der Waals surface area contributed by atoms with Crippen LogP contribution in [-0.2, 0) is 46.5 Å². The molecule has 0 radical (unpaired) electrons. The van der Waals surface area contributed by atoms with Crippen molar-refractivity contribution >= 4 is 64.4 Å². The molecular weight excluding hydrogens is 1070 g/mol. The van der Waals surface area contributed by atoms with Crippen LogP contribution in [0, 0.1) is 11.8 Å². The minimum atomic E-state index is -1.55. The molecule has 1 aliphatic carbocycles. The zero-order valence-corrected chi connectivity index (χ0v) is 46.3. The number of β-amino-alcohol motifs (C(OH)–C–C–N with tert-alkyl or cyclic N) is 2. The molecule has 3 unspecified atom stereocenters. The second kappa shape index (κ2) is 34.2. The first-order valence-electron chi connectivity index (χ1n) is 28.1. The lowest BCUT2D eigenvalue weighted by Crippen LogP contribution is -2.51. The maximum atomic E-state index is 13.9. The monoisotopic (exact) mass is 1150 g/mol. The number of aliphatic hydroxyl groups is 2. The number of hydrogen-bond acceptors (Lipinski definition) is 15. The lowest BCUT2D eigenvalue weighted by Gasteiger charge is -2.31. The molecule has 25 nitrogen and oxygen atoms in total. The van der Waals surface area contributed by atoms with Gasteiger partial charge >= 0.3 is 35.9 Å². The third-order valence-electron chi connectivity index (χ3n) is 14.9. The fourth-order valence-corrected chi connectivity index (χ4v) is 10.4. The van der Waals surface area contributed by atoms with E-state index in [1.165, 1.54) is 0 Å². The van der Waals surface area contributed by atoms with Gasteiger partial charge in [0.2, 0.25) is 11.8 Å². The standard InChI is InChI=1S/C57H81N9O16/c67-48(68)21-20-46(56(80)81)62-57(82)61-45(55(78)79)9-3-4-22-58-54(77)47(32-40-14-15-41-7-1-2-8-44(41)31-40)60-53(76)43-16-10-38(11-17-43)33-59-52(75)42-18-12-39(13-19-42)34-63-23-5-24-65(36-50(71)72)29-30-66(37-51(73)74)26-6-25-64(28-27-63)35-49(69)70/h1-2,7-8,12-15,18-19,31,38,43,45-47,49,69-70H,3-6,9-11,16-17,20-30,32-37H2,(H,58,77)(H,59,75)(H,60,76)(H,67,68)(H,71,72)(H,73,74)(H,78,79)(H,80,81)(H2,61,62,82). The van der Waals surface area contributed by atoms with E-state index in [2.05, 4.69) is 31.5 Å². The van der Waals surface area contributed by atoms with Crippen LogP contribution in [0.2, 0.25) is 0 Å². The number of carboxylic acids is 5. The number of urea groups is 1. The number of aliphatic hydroxyl groups excluding tert-OH is 1. The molecule has 1 aliphatic heterocycles. The molecule has 450 valence electrons. The highest BCUT2D eigenvalue weighted by Crippen LogP contribution is 2.29. The van der Waals surface area contributed by atoms with E-state index in [9.17, 15) is 73.8 Å². The Hall–Kier alpha value is -7.29. The minimum Gasteiger partial charge on any atom is -0.481 e. The van der Waals surface area contributed by atoms with Gasteiger partial charge in [0, 0.05) is 89.8 Å². The quantitative estimate of drug-likeness (QED) is 0.0361. The summed E-state index contributed by atoms with van der Waals surface area (Å²) < 4.78 is 0. The lowest BCUT2D eigenvalue weighted by atomic mass is 9.81. The van der Waals surface area contributed by atoms with E-state index in [0.717, 1.165) is 21.9 Å². The molecule has 3 atom stereocenters. The number of rotatable bonds is 28. The molecule has 0 spiro atoms. The van der Waals surface area contributed by atoms with Gasteiger partial charge in [-0.15, -0.1) is 0 Å². The van der Waals surface area contributed by atoms with Gasteiger partial charge in [-0.05, 0) is 117 Å². The van der Waals surface area contributed by atoms with Crippen LogP contribution < -0.4 is 26.6 Å². The predicted molar refractivity (Wildman–Crippen MR) is 299 cm³/mol. The van der Waals surface area contributed by atoms with Crippen molar-refractivity contribution in [1.29, 1.82) is 0 Å². The van der Waals surface area contributed by atoms with E-state index in [1.807, 2.05) is 64.4 Å². The van der Waals surface area contributed by atoms with Crippen LogP contribution in [0.5, 0.6) is 0 Å². The van der Waals surface area contributed by atoms with Crippen molar-refractivity contribution in [2.45, 2.75) is 108 Å². The molecule has 0 aromatic heterocycles. The number of carboxylic acid groups (broad SMARTS) is 5. The summed E-state index contributed by atoms with van der Waals surface area (Å²) in [6.07, 6.45) is 1.80. The molecule has 82 heavy (non-hydrogen) atoms. The van der Waals surface area contributed by atoms with Crippen LogP contribution in [0.15, 0.2) is 66.7 Å². The number of hydrogen-bond donors (Lipinski definition) is 12. The highest BCUT2D eigenvalue weighted by atomic mass is 16.5. The summed E-state index contributed by atoms with van der Waals surface area (Å²) in [6, 6.07) is 15.9. The van der Waals surface area contributed by atoms with Gasteiger partial charge in [-0.3, -0.25) is 48.4 Å². The Morgan fingerprint density at radius 3 is 1.71 bits per heavy atom. The first-order valence-corrected chi connectivity index (χ1v) is 28.1. The van der Waals surface area contributed by atoms with Crippen molar-refractivity contribution in [1.82, 2.24) is 46.2 Å². The molecule has 1 saturated heterocycles. The average molecular weight is 1150 g/mol. The van der Waals surface area contributed by atoms with Crippen molar-refractivity contribution in [2.75, 3.05) is 85.1 Å². The second-order valence-corrected chi connectivity index (χ2v) is 21.3. The maximum Gasteiger partial charge on any atom is 0.326 e. The van der Waals surface area contributed by atoms with Crippen LogP contribution in [0.1, 0.15) is 92.1 Å². The van der Waals surface area contributed by atoms with Crippen molar-refractivity contribution < 1.29 is 78.9 Å². The summed E-state index contributed by atoms with van der Waals surface area (Å²) in [5.41, 5.74) is 2.24. The number of aliphatic carboxylic acids is 5. The number of carbonyl (C=O) groups excluding carboxylic acids is 4. The second-order valence-electron chi connectivity index (χ2n) is 21.3. The smallest absolute Gasteiger partial charge is 0.326 e. The molecular formula is C57H81N9O16. The van der Waals surface area contributed by atoms with Crippen molar-refractivity contribution in [3.8, 4) is 0 Å². The summed E-state index contributed by atoms with van der Waals surface area (Å²) in [4.78, 5) is 119. The Kier molecular flexibility index (Phi) is 27.3. The normalized spacial score (nSPS) is 18.5. The van der Waals surface area contributed by atoms with E-state index in [1.54, 1.807) is 17.0 Å². The van der Waals surface area contributed by atoms with Gasteiger partial charge in [0.1, 0.15) is 18.1 Å². The Morgan fingerprint density at radius 1 is 0.549 bits per heavy atom. The molecule has 3 aromatic carbocycles. The third-order valence-corrected chi connectivity index (χ3v) is 14.9. The topological polar surface area (TPSA) is 368 Å². The molecule has 0 bridgehead atoms. The Bertz CT molecular complexity index is 2600. The number of amides is 5. The van der Waals surface area contributed by atoms with E-state index >= 15 is 0 Å². The van der Waals surface area contributed by atoms with E-state index in [-0.39, 0.29) is 69.1 Å². The van der Waals surface area contributed by atoms with Crippen LogP contribution in [-0.4, -0.2) is 218 Å². The number of benzene rings is 3. The fraction of sp³-hybridized carbons (Fsp3) is 0.561. The van der Waals surface area contributed by atoms with Crippen LogP contribution in [0.4, 0.5) is 4.79 Å². The molecule has 2 fully saturated rings. The average Bonchev–Trinajstić information content (AvgIpc) is 3.47. The van der Waals surface area contributed by atoms with Crippen molar-refractivity contribution in [3.63, 3.8) is 0 Å². The summed E-state index contributed by atoms with van der Waals surface area (Å²) in [7, 11) is 0. The number of nitrogens with zero attached hydrogens (tertiary/aromatic N) is 4. The summed E-state index contributed by atoms with van der Waals surface area (Å²) in [6.45, 7) is 4.55. The first kappa shape index (κ1) is 65.5. The van der Waals surface area contributed by atoms with Gasteiger partial charge in [-0.2, -0.15) is 0 Å². The zero-order chi connectivity index (χ0) is 59.6. The van der Waals surface area contributed by atoms with Gasteiger partial charge in [0.15, 0.2) is 6.29 Å². The molecule has 25 heteroatoms. The highest BCUT2D eigenvalue weighted by molar-refractivity contribution is 5.94. The molecule has 2 aliphatic rings. The molecule has 5 amide bonds. The minimum absolute atomic E-state index is 0.0250. The first-order chi connectivity index (χ1) is 39.2. The van der Waals surface area contributed by atoms with Crippen molar-refractivity contribution in [3.05, 3.63) is 83.4 Å². The zero-order valence-electron chi connectivity index (χ0n) is 46.3. The van der Waals surface area contributed by atoms with Crippen LogP contribution in [0.3, 0.4) is 0 Å². The van der Waals surface area contributed by atoms with Gasteiger partial charge in [-0.1, -0.05) is 54.6 Å². The Balaban J connectivity index is 1.11.